The summed E-state index contributed by atoms with van der Waals surface area (Å²) >= 11 is 3.61. The standard InChI is InChI=1S/C14H20BrNO/c15-10-13(12-4-2-1-3-5-12)11-16(8-9-17)14-6-7-14/h1-5,13-14,17H,6-11H2. The van der Waals surface area contributed by atoms with Crippen molar-refractivity contribution in [2.24, 2.45) is 0 Å². The number of alkyl halides is 1. The smallest absolute Gasteiger partial charge is 0.0558 e. The van der Waals surface area contributed by atoms with Crippen LogP contribution in [0.1, 0.15) is 24.3 Å². The molecule has 1 saturated carbocycles. The van der Waals surface area contributed by atoms with E-state index in [1.165, 1.54) is 18.4 Å². The molecule has 0 saturated heterocycles. The average molecular weight is 298 g/mol. The highest BCUT2D eigenvalue weighted by Gasteiger charge is 2.30. The van der Waals surface area contributed by atoms with Crippen molar-refractivity contribution >= 4 is 15.9 Å². The first-order valence-corrected chi connectivity index (χ1v) is 7.43. The highest BCUT2D eigenvalue weighted by molar-refractivity contribution is 9.09. The van der Waals surface area contributed by atoms with E-state index >= 15 is 0 Å². The van der Waals surface area contributed by atoms with E-state index in [0.29, 0.717) is 12.0 Å². The molecule has 0 aliphatic heterocycles. The van der Waals surface area contributed by atoms with Crippen molar-refractivity contribution in [3.63, 3.8) is 0 Å². The van der Waals surface area contributed by atoms with Crippen molar-refractivity contribution in [1.29, 1.82) is 0 Å². The van der Waals surface area contributed by atoms with E-state index in [4.69, 9.17) is 5.11 Å². The Morgan fingerprint density at radius 3 is 2.53 bits per heavy atom. The largest absolute Gasteiger partial charge is 0.395 e. The van der Waals surface area contributed by atoms with Crippen LogP contribution in [0.25, 0.3) is 0 Å². The normalized spacial score (nSPS) is 17.4. The van der Waals surface area contributed by atoms with Crippen LogP contribution in [0, 0.1) is 0 Å². The lowest BCUT2D eigenvalue weighted by Gasteiger charge is -2.26. The molecule has 1 fully saturated rings. The molecule has 0 radical (unpaired) electrons. The Balaban J connectivity index is 1.98. The molecule has 0 spiro atoms. The number of halogens is 1. The fourth-order valence-corrected chi connectivity index (χ4v) is 2.82. The Morgan fingerprint density at radius 1 is 1.29 bits per heavy atom. The SMILES string of the molecule is OCCN(CC(CBr)c1ccccc1)C1CC1. The lowest BCUT2D eigenvalue weighted by molar-refractivity contribution is 0.184. The lowest BCUT2D eigenvalue weighted by atomic mass is 10.0. The first-order chi connectivity index (χ1) is 8.35. The molecule has 1 aliphatic carbocycles. The van der Waals surface area contributed by atoms with Gasteiger partial charge in [0, 0.05) is 30.4 Å². The summed E-state index contributed by atoms with van der Waals surface area (Å²) in [5, 5.41) is 10.1. The monoisotopic (exact) mass is 297 g/mol. The van der Waals surface area contributed by atoms with Gasteiger partial charge in [0.2, 0.25) is 0 Å². The van der Waals surface area contributed by atoms with Crippen molar-refractivity contribution < 1.29 is 5.11 Å². The van der Waals surface area contributed by atoms with Gasteiger partial charge in [-0.2, -0.15) is 0 Å². The Morgan fingerprint density at radius 2 is 2.00 bits per heavy atom. The second-order valence-corrected chi connectivity index (χ2v) is 5.36. The van der Waals surface area contributed by atoms with E-state index in [-0.39, 0.29) is 6.61 Å². The van der Waals surface area contributed by atoms with Gasteiger partial charge in [-0.3, -0.25) is 4.90 Å². The van der Waals surface area contributed by atoms with E-state index in [1.54, 1.807) is 0 Å². The van der Waals surface area contributed by atoms with Crippen LogP contribution in [0.3, 0.4) is 0 Å². The maximum Gasteiger partial charge on any atom is 0.0558 e. The van der Waals surface area contributed by atoms with Crippen molar-refractivity contribution in [2.45, 2.75) is 24.8 Å². The van der Waals surface area contributed by atoms with Crippen molar-refractivity contribution in [3.05, 3.63) is 35.9 Å². The molecule has 1 atom stereocenters. The van der Waals surface area contributed by atoms with Crippen LogP contribution < -0.4 is 0 Å². The molecule has 0 aromatic heterocycles. The predicted molar refractivity (Wildman–Crippen MR) is 74.7 cm³/mol. The minimum Gasteiger partial charge on any atom is -0.395 e. The number of aliphatic hydroxyl groups is 1. The quantitative estimate of drug-likeness (QED) is 0.782. The van der Waals surface area contributed by atoms with Gasteiger partial charge in [-0.1, -0.05) is 46.3 Å². The summed E-state index contributed by atoms with van der Waals surface area (Å²) in [5.41, 5.74) is 1.38. The maximum atomic E-state index is 9.12. The zero-order chi connectivity index (χ0) is 12.1. The third-order valence-corrected chi connectivity index (χ3v) is 4.14. The van der Waals surface area contributed by atoms with Gasteiger partial charge in [-0.15, -0.1) is 0 Å². The summed E-state index contributed by atoms with van der Waals surface area (Å²) in [4.78, 5) is 2.43. The Bertz CT molecular complexity index is 326. The summed E-state index contributed by atoms with van der Waals surface area (Å²) in [6.07, 6.45) is 2.59. The third kappa shape index (κ3) is 3.80. The van der Waals surface area contributed by atoms with E-state index in [1.807, 2.05) is 0 Å². The number of nitrogens with zero attached hydrogens (tertiary/aromatic N) is 1. The third-order valence-electron chi connectivity index (χ3n) is 3.36. The molecule has 0 amide bonds. The first kappa shape index (κ1) is 13.1. The van der Waals surface area contributed by atoms with Gasteiger partial charge in [-0.25, -0.2) is 0 Å². The van der Waals surface area contributed by atoms with Gasteiger partial charge in [-0.05, 0) is 18.4 Å². The molecule has 0 heterocycles. The number of hydrogen-bond acceptors (Lipinski definition) is 2. The fraction of sp³-hybridized carbons (Fsp3) is 0.571. The molecule has 2 nitrogen and oxygen atoms in total. The van der Waals surface area contributed by atoms with Crippen LogP contribution in [0.4, 0.5) is 0 Å². The van der Waals surface area contributed by atoms with Crippen molar-refractivity contribution in [3.8, 4) is 0 Å². The molecule has 2 rings (SSSR count). The summed E-state index contributed by atoms with van der Waals surface area (Å²) in [7, 11) is 0. The Kier molecular flexibility index (Phi) is 5.01. The van der Waals surface area contributed by atoms with Crippen LogP contribution in [-0.4, -0.2) is 41.1 Å². The zero-order valence-corrected chi connectivity index (χ0v) is 11.6. The highest BCUT2D eigenvalue weighted by Crippen LogP contribution is 2.29. The maximum absolute atomic E-state index is 9.12. The second-order valence-electron chi connectivity index (χ2n) is 4.71. The molecule has 1 N–H and O–H groups in total. The minimum atomic E-state index is 0.264. The van der Waals surface area contributed by atoms with Gasteiger partial charge in [0.05, 0.1) is 6.61 Å². The van der Waals surface area contributed by atoms with Crippen LogP contribution in [0.15, 0.2) is 30.3 Å². The second kappa shape index (κ2) is 6.53. The summed E-state index contributed by atoms with van der Waals surface area (Å²) in [6, 6.07) is 11.3. The number of benzene rings is 1. The molecule has 1 unspecified atom stereocenters. The molecular formula is C14H20BrNO. The summed E-state index contributed by atoms with van der Waals surface area (Å²) in [6.45, 7) is 2.11. The molecule has 17 heavy (non-hydrogen) atoms. The molecule has 1 aromatic rings. The van der Waals surface area contributed by atoms with Gasteiger partial charge in [0.25, 0.3) is 0 Å². The van der Waals surface area contributed by atoms with E-state index < -0.39 is 0 Å². The number of hydrogen-bond donors (Lipinski definition) is 1. The number of aliphatic hydroxyl groups excluding tert-OH is 1. The zero-order valence-electron chi connectivity index (χ0n) is 10.1. The van der Waals surface area contributed by atoms with Gasteiger partial charge < -0.3 is 5.11 Å². The highest BCUT2D eigenvalue weighted by atomic mass is 79.9. The van der Waals surface area contributed by atoms with E-state index in [9.17, 15) is 0 Å². The van der Waals surface area contributed by atoms with E-state index in [0.717, 1.165) is 18.4 Å². The molecule has 3 heteroatoms. The Hall–Kier alpha value is -0.380. The van der Waals surface area contributed by atoms with Gasteiger partial charge in [0.1, 0.15) is 0 Å². The van der Waals surface area contributed by atoms with Crippen molar-refractivity contribution in [1.82, 2.24) is 4.90 Å². The molecule has 0 bridgehead atoms. The van der Waals surface area contributed by atoms with Gasteiger partial charge >= 0.3 is 0 Å². The summed E-state index contributed by atoms with van der Waals surface area (Å²) in [5.74, 6) is 0.517. The molecule has 1 aliphatic rings. The molecule has 94 valence electrons. The summed E-state index contributed by atoms with van der Waals surface area (Å²) < 4.78 is 0. The average Bonchev–Trinajstić information content (AvgIpc) is 3.20. The first-order valence-electron chi connectivity index (χ1n) is 6.31. The fourth-order valence-electron chi connectivity index (χ4n) is 2.24. The molecular weight excluding hydrogens is 278 g/mol. The van der Waals surface area contributed by atoms with Crippen LogP contribution in [0.2, 0.25) is 0 Å². The van der Waals surface area contributed by atoms with Crippen LogP contribution in [-0.2, 0) is 0 Å². The lowest BCUT2D eigenvalue weighted by Crippen LogP contribution is -2.33. The molecule has 1 aromatic carbocycles. The van der Waals surface area contributed by atoms with E-state index in [2.05, 4.69) is 51.2 Å². The van der Waals surface area contributed by atoms with Gasteiger partial charge in [0.15, 0.2) is 0 Å². The minimum absolute atomic E-state index is 0.264. The Labute approximate surface area is 112 Å². The van der Waals surface area contributed by atoms with Crippen LogP contribution >= 0.6 is 15.9 Å². The number of rotatable bonds is 7. The van der Waals surface area contributed by atoms with Crippen LogP contribution in [0.5, 0.6) is 0 Å². The predicted octanol–water partition coefficient (Wildman–Crippen LogP) is 2.62. The topological polar surface area (TPSA) is 23.5 Å². The van der Waals surface area contributed by atoms with Crippen molar-refractivity contribution in [2.75, 3.05) is 25.0 Å².